The van der Waals surface area contributed by atoms with E-state index in [1.165, 1.54) is 5.56 Å². The quantitative estimate of drug-likeness (QED) is 0.545. The summed E-state index contributed by atoms with van der Waals surface area (Å²) in [5.74, 6) is -0.213. The molecular weight excluding hydrogens is 298 g/mol. The number of nitrogens with zero attached hydrogens (tertiary/aromatic N) is 2. The Morgan fingerprint density at radius 3 is 2.46 bits per heavy atom. The number of nitrogens with one attached hydrogen (secondary N) is 1. The molecule has 0 unspecified atom stereocenters. The zero-order valence-electron chi connectivity index (χ0n) is 13.3. The van der Waals surface area contributed by atoms with Crippen molar-refractivity contribution in [2.75, 3.05) is 0 Å². The van der Waals surface area contributed by atoms with Crippen LogP contribution < -0.4 is 5.43 Å². The highest BCUT2D eigenvalue weighted by Crippen LogP contribution is 2.14. The Labute approximate surface area is 141 Å². The molecule has 120 valence electrons. The second-order valence-corrected chi connectivity index (χ2v) is 5.38. The fourth-order valence-electron chi connectivity index (χ4n) is 2.49. The highest BCUT2D eigenvalue weighted by atomic mass is 16.2. The number of amides is 1. The molecule has 0 aliphatic carbocycles. The minimum atomic E-state index is -0.213. The number of aromatic nitrogens is 1. The van der Waals surface area contributed by atoms with Crippen LogP contribution in [0, 0.1) is 0 Å². The van der Waals surface area contributed by atoms with Gasteiger partial charge in [-0.15, -0.1) is 0 Å². The average molecular weight is 317 g/mol. The van der Waals surface area contributed by atoms with Crippen LogP contribution in [0.1, 0.15) is 22.3 Å². The van der Waals surface area contributed by atoms with E-state index in [1.54, 1.807) is 12.3 Å². The van der Waals surface area contributed by atoms with Gasteiger partial charge < -0.3 is 4.57 Å². The number of hydrazone groups is 1. The fraction of sp³-hybridized carbons (Fsp3) is 0.100. The zero-order valence-corrected chi connectivity index (χ0v) is 13.3. The molecule has 0 spiro atoms. The van der Waals surface area contributed by atoms with Crippen LogP contribution in [-0.4, -0.2) is 16.7 Å². The molecule has 0 bridgehead atoms. The number of aryl methyl sites for hydroxylation is 1. The van der Waals surface area contributed by atoms with Gasteiger partial charge in [0, 0.05) is 18.6 Å². The second-order valence-electron chi connectivity index (χ2n) is 5.38. The standard InChI is InChI=1S/C20H19N3O/c24-20(22-21-14-8-11-17-9-2-1-3-10-17)18-12-4-5-13-19(18)23-15-6-7-16-23/h1-7,9-10,12-16H,8,11H2,(H,22,24). The predicted octanol–water partition coefficient (Wildman–Crippen LogP) is 3.83. The van der Waals surface area contributed by atoms with Crippen LogP contribution in [-0.2, 0) is 6.42 Å². The van der Waals surface area contributed by atoms with Gasteiger partial charge in [-0.05, 0) is 42.7 Å². The van der Waals surface area contributed by atoms with Crippen LogP contribution in [0.25, 0.3) is 5.69 Å². The second kappa shape index (κ2) is 7.92. The van der Waals surface area contributed by atoms with E-state index in [9.17, 15) is 4.79 Å². The van der Waals surface area contributed by atoms with E-state index in [-0.39, 0.29) is 5.91 Å². The Morgan fingerprint density at radius 2 is 1.67 bits per heavy atom. The van der Waals surface area contributed by atoms with E-state index in [4.69, 9.17) is 0 Å². The molecule has 1 heterocycles. The van der Waals surface area contributed by atoms with Crippen LogP contribution in [0.5, 0.6) is 0 Å². The molecule has 0 saturated carbocycles. The molecule has 3 aromatic rings. The van der Waals surface area contributed by atoms with Gasteiger partial charge in [0.1, 0.15) is 0 Å². The summed E-state index contributed by atoms with van der Waals surface area (Å²) in [7, 11) is 0. The SMILES string of the molecule is O=C(NN=CCCc1ccccc1)c1ccccc1-n1cccc1. The summed E-state index contributed by atoms with van der Waals surface area (Å²) in [6, 6.07) is 21.5. The first-order chi connectivity index (χ1) is 11.8. The van der Waals surface area contributed by atoms with Crippen molar-refractivity contribution in [3.63, 3.8) is 0 Å². The molecule has 0 radical (unpaired) electrons. The molecule has 4 nitrogen and oxygen atoms in total. The number of carbonyl (C=O) groups is 1. The van der Waals surface area contributed by atoms with Crippen molar-refractivity contribution in [3.05, 3.63) is 90.3 Å². The molecule has 4 heteroatoms. The van der Waals surface area contributed by atoms with Gasteiger partial charge in [0.15, 0.2) is 0 Å². The Hall–Kier alpha value is -3.14. The van der Waals surface area contributed by atoms with Gasteiger partial charge >= 0.3 is 0 Å². The average Bonchev–Trinajstić information content (AvgIpc) is 3.17. The molecule has 1 aromatic heterocycles. The maximum Gasteiger partial charge on any atom is 0.273 e. The first-order valence-electron chi connectivity index (χ1n) is 7.93. The maximum absolute atomic E-state index is 12.4. The smallest absolute Gasteiger partial charge is 0.273 e. The number of para-hydroxylation sites is 1. The van der Waals surface area contributed by atoms with Crippen LogP contribution in [0.4, 0.5) is 0 Å². The maximum atomic E-state index is 12.4. The highest BCUT2D eigenvalue weighted by Gasteiger charge is 2.10. The van der Waals surface area contributed by atoms with Crippen molar-refractivity contribution in [1.82, 2.24) is 9.99 Å². The van der Waals surface area contributed by atoms with Gasteiger partial charge in [-0.1, -0.05) is 42.5 Å². The molecule has 0 atom stereocenters. The largest absolute Gasteiger partial charge is 0.323 e. The van der Waals surface area contributed by atoms with Crippen molar-refractivity contribution in [2.24, 2.45) is 5.10 Å². The monoisotopic (exact) mass is 317 g/mol. The summed E-state index contributed by atoms with van der Waals surface area (Å²) in [6.07, 6.45) is 7.25. The molecule has 1 N–H and O–H groups in total. The summed E-state index contributed by atoms with van der Waals surface area (Å²) in [4.78, 5) is 12.4. The molecule has 0 saturated heterocycles. The Kier molecular flexibility index (Phi) is 5.20. The van der Waals surface area contributed by atoms with E-state index in [2.05, 4.69) is 22.7 Å². The third-order valence-electron chi connectivity index (χ3n) is 3.69. The van der Waals surface area contributed by atoms with Crippen LogP contribution in [0.3, 0.4) is 0 Å². The van der Waals surface area contributed by atoms with Crippen LogP contribution in [0.15, 0.2) is 84.2 Å². The first-order valence-corrected chi connectivity index (χ1v) is 7.93. The van der Waals surface area contributed by atoms with E-state index < -0.39 is 0 Å². The molecular formula is C20H19N3O. The minimum Gasteiger partial charge on any atom is -0.323 e. The topological polar surface area (TPSA) is 46.4 Å². The normalized spacial score (nSPS) is 10.8. The van der Waals surface area contributed by atoms with Crippen molar-refractivity contribution < 1.29 is 4.79 Å². The Balaban J connectivity index is 1.59. The van der Waals surface area contributed by atoms with Crippen LogP contribution >= 0.6 is 0 Å². The fourth-order valence-corrected chi connectivity index (χ4v) is 2.49. The van der Waals surface area contributed by atoms with E-state index in [1.807, 2.05) is 65.5 Å². The lowest BCUT2D eigenvalue weighted by atomic mass is 10.1. The minimum absolute atomic E-state index is 0.213. The zero-order chi connectivity index (χ0) is 16.6. The highest BCUT2D eigenvalue weighted by molar-refractivity contribution is 5.97. The number of carbonyl (C=O) groups excluding carboxylic acids is 1. The lowest BCUT2D eigenvalue weighted by molar-refractivity contribution is 0.0955. The summed E-state index contributed by atoms with van der Waals surface area (Å²) < 4.78 is 1.91. The number of benzene rings is 2. The number of hydrogen-bond acceptors (Lipinski definition) is 2. The molecule has 0 aliphatic heterocycles. The summed E-state index contributed by atoms with van der Waals surface area (Å²) in [5, 5.41) is 4.05. The summed E-state index contributed by atoms with van der Waals surface area (Å²) >= 11 is 0. The van der Waals surface area contributed by atoms with Gasteiger partial charge in [-0.2, -0.15) is 5.10 Å². The van der Waals surface area contributed by atoms with Gasteiger partial charge in [0.05, 0.1) is 11.3 Å². The van der Waals surface area contributed by atoms with Crippen molar-refractivity contribution >= 4 is 12.1 Å². The Morgan fingerprint density at radius 1 is 0.958 bits per heavy atom. The predicted molar refractivity (Wildman–Crippen MR) is 96.5 cm³/mol. The first kappa shape index (κ1) is 15.7. The van der Waals surface area contributed by atoms with Crippen molar-refractivity contribution in [3.8, 4) is 5.69 Å². The van der Waals surface area contributed by atoms with E-state index in [0.29, 0.717) is 5.56 Å². The van der Waals surface area contributed by atoms with Gasteiger partial charge in [0.25, 0.3) is 5.91 Å². The summed E-state index contributed by atoms with van der Waals surface area (Å²) in [6.45, 7) is 0. The molecule has 1 amide bonds. The molecule has 24 heavy (non-hydrogen) atoms. The van der Waals surface area contributed by atoms with Crippen LogP contribution in [0.2, 0.25) is 0 Å². The molecule has 3 rings (SSSR count). The van der Waals surface area contributed by atoms with E-state index in [0.717, 1.165) is 18.5 Å². The van der Waals surface area contributed by atoms with Gasteiger partial charge in [-0.3, -0.25) is 4.79 Å². The van der Waals surface area contributed by atoms with E-state index >= 15 is 0 Å². The Bertz CT molecular complexity index is 808. The molecule has 2 aromatic carbocycles. The summed E-state index contributed by atoms with van der Waals surface area (Å²) in [5.41, 5.74) is 5.29. The van der Waals surface area contributed by atoms with Crippen molar-refractivity contribution in [2.45, 2.75) is 12.8 Å². The van der Waals surface area contributed by atoms with Gasteiger partial charge in [0.2, 0.25) is 0 Å². The lowest BCUT2D eigenvalue weighted by Crippen LogP contribution is -2.19. The number of hydrogen-bond donors (Lipinski definition) is 1. The molecule has 0 fully saturated rings. The molecule has 0 aliphatic rings. The lowest BCUT2D eigenvalue weighted by Gasteiger charge is -2.08. The van der Waals surface area contributed by atoms with Gasteiger partial charge in [-0.25, -0.2) is 5.43 Å². The third-order valence-corrected chi connectivity index (χ3v) is 3.69. The van der Waals surface area contributed by atoms with Crippen molar-refractivity contribution in [1.29, 1.82) is 0 Å². The third kappa shape index (κ3) is 3.98. The number of rotatable bonds is 6.